The lowest BCUT2D eigenvalue weighted by Crippen LogP contribution is -2.25. The average molecular weight is 437 g/mol. The molecule has 0 aliphatic heterocycles. The minimum atomic E-state index is -0.0857. The van der Waals surface area contributed by atoms with Crippen LogP contribution in [-0.4, -0.2) is 34.0 Å². The van der Waals surface area contributed by atoms with Crippen LogP contribution in [-0.2, 0) is 17.1 Å². The van der Waals surface area contributed by atoms with Crippen molar-refractivity contribution in [3.05, 3.63) is 63.9 Å². The van der Waals surface area contributed by atoms with Crippen molar-refractivity contribution >= 4 is 40.9 Å². The Morgan fingerprint density at radius 3 is 2.71 bits per heavy atom. The molecule has 0 unspecified atom stereocenters. The van der Waals surface area contributed by atoms with Crippen LogP contribution in [0.5, 0.6) is 5.75 Å². The molecule has 0 bridgehead atoms. The van der Waals surface area contributed by atoms with Crippen molar-refractivity contribution in [2.24, 2.45) is 0 Å². The molecule has 2 N–H and O–H groups in total. The largest absolute Gasteiger partial charge is 0.497 e. The van der Waals surface area contributed by atoms with Crippen LogP contribution >= 0.6 is 35.0 Å². The highest BCUT2D eigenvalue weighted by molar-refractivity contribution is 7.99. The highest BCUT2D eigenvalue weighted by Gasteiger charge is 2.09. The first-order chi connectivity index (χ1) is 13.5. The summed E-state index contributed by atoms with van der Waals surface area (Å²) in [6, 6.07) is 12.8. The van der Waals surface area contributed by atoms with Crippen LogP contribution in [0.3, 0.4) is 0 Å². The van der Waals surface area contributed by atoms with Crippen LogP contribution in [0.2, 0.25) is 10.0 Å². The van der Waals surface area contributed by atoms with E-state index in [0.29, 0.717) is 33.2 Å². The fourth-order valence-electron chi connectivity index (χ4n) is 2.37. The highest BCUT2D eigenvalue weighted by atomic mass is 35.5. The Kier molecular flexibility index (Phi) is 7.19. The minimum Gasteiger partial charge on any atom is -0.497 e. The van der Waals surface area contributed by atoms with Gasteiger partial charge in [0.25, 0.3) is 0 Å². The summed E-state index contributed by atoms with van der Waals surface area (Å²) in [7, 11) is 1.62. The molecule has 3 aromatic rings. The van der Waals surface area contributed by atoms with Crippen LogP contribution in [0, 0.1) is 0 Å². The van der Waals surface area contributed by atoms with E-state index in [0.717, 1.165) is 16.9 Å². The molecule has 1 amide bonds. The molecule has 1 aromatic heterocycles. The number of benzene rings is 2. The van der Waals surface area contributed by atoms with Gasteiger partial charge in [-0.2, -0.15) is 5.10 Å². The lowest BCUT2D eigenvalue weighted by Gasteiger charge is -2.05. The number of rotatable bonds is 8. The Hall–Kier alpha value is -2.22. The fourth-order valence-corrected chi connectivity index (χ4v) is 3.79. The number of hydrogen-bond donors (Lipinski definition) is 2. The fraction of sp³-hybridized carbons (Fsp3) is 0.211. The van der Waals surface area contributed by atoms with E-state index in [9.17, 15) is 4.79 Å². The van der Waals surface area contributed by atoms with Crippen LogP contribution in [0.15, 0.2) is 42.5 Å². The molecule has 0 fully saturated rings. The SMILES string of the molecule is COc1ccc(-c2n[nH]c(CNC(=O)CSCc3ccc(Cl)cc3Cl)n2)cc1. The molecule has 3 rings (SSSR count). The van der Waals surface area contributed by atoms with Crippen molar-refractivity contribution in [1.29, 1.82) is 0 Å². The number of thioether (sulfide) groups is 1. The molecule has 6 nitrogen and oxygen atoms in total. The summed E-state index contributed by atoms with van der Waals surface area (Å²) in [5.41, 5.74) is 1.81. The summed E-state index contributed by atoms with van der Waals surface area (Å²) in [5.74, 6) is 2.79. The summed E-state index contributed by atoms with van der Waals surface area (Å²) < 4.78 is 5.14. The van der Waals surface area contributed by atoms with E-state index in [2.05, 4.69) is 20.5 Å². The van der Waals surface area contributed by atoms with E-state index in [1.807, 2.05) is 30.3 Å². The van der Waals surface area contributed by atoms with E-state index < -0.39 is 0 Å². The van der Waals surface area contributed by atoms with Gasteiger partial charge < -0.3 is 10.1 Å². The Labute approximate surface area is 177 Å². The maximum atomic E-state index is 12.0. The molecule has 0 atom stereocenters. The van der Waals surface area contributed by atoms with Gasteiger partial charge in [-0.05, 0) is 42.0 Å². The van der Waals surface area contributed by atoms with Crippen LogP contribution in [0.25, 0.3) is 11.4 Å². The standard InChI is InChI=1S/C19H18Cl2N4O2S/c1-27-15-6-3-12(4-7-15)19-23-17(24-25-19)9-22-18(26)11-28-10-13-2-5-14(20)8-16(13)21/h2-8H,9-11H2,1H3,(H,22,26)(H,23,24,25). The van der Waals surface area contributed by atoms with Gasteiger partial charge in [0.05, 0.1) is 19.4 Å². The summed E-state index contributed by atoms with van der Waals surface area (Å²) in [6.07, 6.45) is 0. The molecule has 0 spiro atoms. The topological polar surface area (TPSA) is 79.9 Å². The second kappa shape index (κ2) is 9.82. The van der Waals surface area contributed by atoms with Gasteiger partial charge in [-0.3, -0.25) is 9.89 Å². The summed E-state index contributed by atoms with van der Waals surface area (Å²) in [5, 5.41) is 11.0. The number of H-pyrrole nitrogens is 1. The van der Waals surface area contributed by atoms with Crippen LogP contribution < -0.4 is 10.1 Å². The number of aromatic nitrogens is 3. The predicted octanol–water partition coefficient (Wildman–Crippen LogP) is 4.34. The summed E-state index contributed by atoms with van der Waals surface area (Å²) >= 11 is 13.5. The number of ether oxygens (including phenoxy) is 1. The first-order valence-electron chi connectivity index (χ1n) is 8.39. The van der Waals surface area contributed by atoms with Crippen LogP contribution in [0.4, 0.5) is 0 Å². The van der Waals surface area contributed by atoms with Crippen molar-refractivity contribution in [1.82, 2.24) is 20.5 Å². The molecule has 0 saturated carbocycles. The third-order valence-corrected chi connectivity index (χ3v) is 5.41. The normalized spacial score (nSPS) is 10.7. The van der Waals surface area contributed by atoms with Crippen molar-refractivity contribution in [2.45, 2.75) is 12.3 Å². The molecule has 9 heteroatoms. The number of methoxy groups -OCH3 is 1. The zero-order valence-corrected chi connectivity index (χ0v) is 17.4. The van der Waals surface area contributed by atoms with Crippen molar-refractivity contribution < 1.29 is 9.53 Å². The molecule has 0 saturated heterocycles. The highest BCUT2D eigenvalue weighted by Crippen LogP contribution is 2.24. The van der Waals surface area contributed by atoms with Gasteiger partial charge in [-0.1, -0.05) is 29.3 Å². The van der Waals surface area contributed by atoms with E-state index in [-0.39, 0.29) is 12.5 Å². The van der Waals surface area contributed by atoms with Gasteiger partial charge in [0.1, 0.15) is 11.6 Å². The summed E-state index contributed by atoms with van der Waals surface area (Å²) in [6.45, 7) is 0.282. The lowest BCUT2D eigenvalue weighted by molar-refractivity contribution is -0.118. The first kappa shape index (κ1) is 20.5. The van der Waals surface area contributed by atoms with Crippen molar-refractivity contribution in [3.8, 4) is 17.1 Å². The number of nitrogens with one attached hydrogen (secondary N) is 2. The molecule has 1 heterocycles. The lowest BCUT2D eigenvalue weighted by atomic mass is 10.2. The maximum Gasteiger partial charge on any atom is 0.230 e. The molecule has 0 aliphatic rings. The zero-order chi connectivity index (χ0) is 19.9. The number of hydrogen-bond acceptors (Lipinski definition) is 5. The predicted molar refractivity (Wildman–Crippen MR) is 113 cm³/mol. The smallest absolute Gasteiger partial charge is 0.230 e. The van der Waals surface area contributed by atoms with Gasteiger partial charge >= 0.3 is 0 Å². The Balaban J connectivity index is 1.45. The Morgan fingerprint density at radius 2 is 2.00 bits per heavy atom. The number of halogens is 2. The molecule has 0 aliphatic carbocycles. The van der Waals surface area contributed by atoms with Gasteiger partial charge in [0.15, 0.2) is 5.82 Å². The molecular formula is C19H18Cl2N4O2S. The van der Waals surface area contributed by atoms with E-state index in [1.54, 1.807) is 19.2 Å². The molecular weight excluding hydrogens is 419 g/mol. The number of nitrogens with zero attached hydrogens (tertiary/aromatic N) is 2. The van der Waals surface area contributed by atoms with E-state index in [1.165, 1.54) is 11.8 Å². The monoisotopic (exact) mass is 436 g/mol. The third-order valence-electron chi connectivity index (χ3n) is 3.84. The second-order valence-corrected chi connectivity index (χ2v) is 7.67. The Morgan fingerprint density at radius 1 is 1.21 bits per heavy atom. The first-order valence-corrected chi connectivity index (χ1v) is 10.3. The molecule has 146 valence electrons. The van der Waals surface area contributed by atoms with Gasteiger partial charge in [-0.25, -0.2) is 4.98 Å². The van der Waals surface area contributed by atoms with Gasteiger partial charge in [0.2, 0.25) is 5.91 Å². The number of amides is 1. The van der Waals surface area contributed by atoms with Crippen molar-refractivity contribution in [2.75, 3.05) is 12.9 Å². The van der Waals surface area contributed by atoms with Crippen molar-refractivity contribution in [3.63, 3.8) is 0 Å². The minimum absolute atomic E-state index is 0.0857. The zero-order valence-electron chi connectivity index (χ0n) is 15.0. The number of carbonyl (C=O) groups excluding carboxylic acids is 1. The molecule has 0 radical (unpaired) electrons. The molecule has 2 aromatic carbocycles. The van der Waals surface area contributed by atoms with E-state index in [4.69, 9.17) is 27.9 Å². The Bertz CT molecular complexity index is 947. The summed E-state index contributed by atoms with van der Waals surface area (Å²) in [4.78, 5) is 16.4. The third kappa shape index (κ3) is 5.64. The van der Waals surface area contributed by atoms with Gasteiger partial charge in [0, 0.05) is 21.4 Å². The maximum absolute atomic E-state index is 12.0. The number of aromatic amines is 1. The number of carbonyl (C=O) groups is 1. The molecule has 28 heavy (non-hydrogen) atoms. The quantitative estimate of drug-likeness (QED) is 0.548. The van der Waals surface area contributed by atoms with E-state index >= 15 is 0 Å². The van der Waals surface area contributed by atoms with Gasteiger partial charge in [-0.15, -0.1) is 11.8 Å². The van der Waals surface area contributed by atoms with Crippen LogP contribution in [0.1, 0.15) is 11.4 Å². The average Bonchev–Trinajstić information content (AvgIpc) is 3.17. The second-order valence-electron chi connectivity index (χ2n) is 5.84.